The van der Waals surface area contributed by atoms with Gasteiger partial charge in [-0.05, 0) is 51.4 Å². The van der Waals surface area contributed by atoms with E-state index in [-0.39, 0.29) is 12.8 Å². The summed E-state index contributed by atoms with van der Waals surface area (Å²) in [5.74, 6) is -0.704. The number of allylic oxidation sites excluding steroid dienone is 4. The van der Waals surface area contributed by atoms with Crippen LogP contribution >= 0.6 is 0 Å². The van der Waals surface area contributed by atoms with Crippen LogP contribution in [0.15, 0.2) is 24.3 Å². The molecular formula is C64H123NO10. The number of nitrogens with one attached hydrogen (secondary N) is 1. The maximum atomic E-state index is 13.2. The molecule has 0 aromatic carbocycles. The molecule has 75 heavy (non-hydrogen) atoms. The molecule has 0 bridgehead atoms. The average molecular weight is 1070 g/mol. The van der Waals surface area contributed by atoms with Crippen molar-refractivity contribution in [1.29, 1.82) is 0 Å². The van der Waals surface area contributed by atoms with Crippen molar-refractivity contribution >= 4 is 5.91 Å². The van der Waals surface area contributed by atoms with Crippen LogP contribution in [-0.2, 0) is 14.3 Å². The van der Waals surface area contributed by atoms with E-state index in [1.165, 1.54) is 225 Å². The highest BCUT2D eigenvalue weighted by atomic mass is 16.7. The predicted octanol–water partition coefficient (Wildman–Crippen LogP) is 14.5. The molecule has 0 aromatic rings. The fourth-order valence-electron chi connectivity index (χ4n) is 10.5. The minimum absolute atomic E-state index is 0.249. The quantitative estimate of drug-likeness (QED) is 0.0215. The van der Waals surface area contributed by atoms with Crippen LogP contribution < -0.4 is 5.32 Å². The number of aliphatic hydroxyl groups excluding tert-OH is 7. The van der Waals surface area contributed by atoms with Crippen LogP contribution in [0.3, 0.4) is 0 Å². The third kappa shape index (κ3) is 41.3. The Morgan fingerprint density at radius 2 is 0.800 bits per heavy atom. The normalized spacial score (nSPS) is 19.8. The van der Waals surface area contributed by atoms with Gasteiger partial charge in [0.25, 0.3) is 0 Å². The number of carbonyl (C=O) groups excluding carboxylic acids is 1. The van der Waals surface area contributed by atoms with E-state index < -0.39 is 74.2 Å². The number of aliphatic hydroxyl groups is 7. The van der Waals surface area contributed by atoms with Crippen molar-refractivity contribution < 1.29 is 50.0 Å². The van der Waals surface area contributed by atoms with Gasteiger partial charge in [0.05, 0.1) is 25.4 Å². The molecule has 0 aliphatic carbocycles. The molecule has 1 saturated heterocycles. The molecule has 11 nitrogen and oxygen atoms in total. The standard InChI is InChI=1S/C64H123NO10/c1-3-5-7-9-11-13-15-17-19-21-23-24-25-26-27-28-29-30-31-32-34-36-38-40-42-44-46-48-50-52-57(68)63(73)65-55(54-74-64-62(72)61(71)60(70)58(53-66)75-64)59(69)56(67)51-49-47-45-43-41-39-37-35-33-22-20-18-16-14-12-10-8-6-4-2/h35,37,43,45,55-62,64,66-72H,3-34,36,38-42,44,46-54H2,1-2H3,(H,65,73)/b37-35+,45-43+. The largest absolute Gasteiger partial charge is 0.394 e. The summed E-state index contributed by atoms with van der Waals surface area (Å²) < 4.78 is 11.2. The Bertz CT molecular complexity index is 1270. The van der Waals surface area contributed by atoms with Crippen LogP contribution in [0.4, 0.5) is 0 Å². The van der Waals surface area contributed by atoms with Crippen molar-refractivity contribution in [3.8, 4) is 0 Å². The van der Waals surface area contributed by atoms with E-state index in [0.29, 0.717) is 19.3 Å². The first-order chi connectivity index (χ1) is 36.7. The molecule has 1 amide bonds. The lowest BCUT2D eigenvalue weighted by Crippen LogP contribution is -2.60. The summed E-state index contributed by atoms with van der Waals surface area (Å²) in [7, 11) is 0. The van der Waals surface area contributed by atoms with Crippen molar-refractivity contribution in [2.45, 2.75) is 364 Å². The van der Waals surface area contributed by atoms with Crippen molar-refractivity contribution in [1.82, 2.24) is 5.32 Å². The van der Waals surface area contributed by atoms with Crippen LogP contribution in [0.2, 0.25) is 0 Å². The second-order valence-corrected chi connectivity index (χ2v) is 22.8. The highest BCUT2D eigenvalue weighted by molar-refractivity contribution is 5.80. The van der Waals surface area contributed by atoms with Crippen molar-refractivity contribution in [2.24, 2.45) is 0 Å². The summed E-state index contributed by atoms with van der Waals surface area (Å²) >= 11 is 0. The molecule has 1 heterocycles. The second-order valence-electron chi connectivity index (χ2n) is 22.8. The van der Waals surface area contributed by atoms with Crippen LogP contribution in [0.25, 0.3) is 0 Å². The van der Waals surface area contributed by atoms with E-state index in [1.54, 1.807) is 0 Å². The van der Waals surface area contributed by atoms with Crippen molar-refractivity contribution in [3.05, 3.63) is 24.3 Å². The Labute approximate surface area is 461 Å². The lowest BCUT2D eigenvalue weighted by molar-refractivity contribution is -0.303. The maximum absolute atomic E-state index is 13.2. The van der Waals surface area contributed by atoms with Crippen LogP contribution in [0.5, 0.6) is 0 Å². The van der Waals surface area contributed by atoms with E-state index in [9.17, 15) is 40.5 Å². The van der Waals surface area contributed by atoms with Gasteiger partial charge in [0.2, 0.25) is 5.91 Å². The van der Waals surface area contributed by atoms with Gasteiger partial charge in [-0.2, -0.15) is 0 Å². The number of ether oxygens (including phenoxy) is 2. The van der Waals surface area contributed by atoms with Crippen molar-refractivity contribution in [2.75, 3.05) is 13.2 Å². The first-order valence-electron chi connectivity index (χ1n) is 32.2. The smallest absolute Gasteiger partial charge is 0.249 e. The summed E-state index contributed by atoms with van der Waals surface area (Å²) in [6.45, 7) is 3.48. The molecule has 0 saturated carbocycles. The van der Waals surface area contributed by atoms with Crippen molar-refractivity contribution in [3.63, 3.8) is 0 Å². The van der Waals surface area contributed by atoms with Gasteiger partial charge in [-0.25, -0.2) is 0 Å². The topological polar surface area (TPSA) is 189 Å². The molecule has 1 fully saturated rings. The van der Waals surface area contributed by atoms with Gasteiger partial charge in [-0.3, -0.25) is 4.79 Å². The minimum atomic E-state index is -1.67. The Balaban J connectivity index is 2.24. The molecule has 0 aromatic heterocycles. The molecular weight excluding hydrogens is 943 g/mol. The zero-order valence-electron chi connectivity index (χ0n) is 48.8. The molecule has 11 heteroatoms. The first kappa shape index (κ1) is 71.6. The molecule has 0 radical (unpaired) electrons. The van der Waals surface area contributed by atoms with Gasteiger partial charge in [0, 0.05) is 0 Å². The summed E-state index contributed by atoms with van der Waals surface area (Å²) in [5.41, 5.74) is 0. The predicted molar refractivity (Wildman–Crippen MR) is 312 cm³/mol. The van der Waals surface area contributed by atoms with Gasteiger partial charge in [-0.15, -0.1) is 0 Å². The molecule has 444 valence electrons. The Morgan fingerprint density at radius 3 is 1.19 bits per heavy atom. The number of hydrogen-bond acceptors (Lipinski definition) is 10. The maximum Gasteiger partial charge on any atom is 0.249 e. The summed E-state index contributed by atoms with van der Waals surface area (Å²) in [5, 5.41) is 76.2. The Morgan fingerprint density at radius 1 is 0.453 bits per heavy atom. The molecule has 0 spiro atoms. The minimum Gasteiger partial charge on any atom is -0.394 e. The fraction of sp³-hybridized carbons (Fsp3) is 0.922. The van der Waals surface area contributed by atoms with E-state index in [2.05, 4.69) is 43.5 Å². The van der Waals surface area contributed by atoms with Gasteiger partial charge in [0.1, 0.15) is 36.6 Å². The molecule has 1 aliphatic rings. The fourth-order valence-corrected chi connectivity index (χ4v) is 10.5. The van der Waals surface area contributed by atoms with Gasteiger partial charge >= 0.3 is 0 Å². The third-order valence-electron chi connectivity index (χ3n) is 15.7. The monoisotopic (exact) mass is 1070 g/mol. The molecule has 1 rings (SSSR count). The van der Waals surface area contributed by atoms with Gasteiger partial charge in [-0.1, -0.05) is 282 Å². The van der Waals surface area contributed by atoms with E-state index in [0.717, 1.165) is 38.5 Å². The first-order valence-corrected chi connectivity index (χ1v) is 32.2. The summed E-state index contributed by atoms with van der Waals surface area (Å²) in [4.78, 5) is 13.2. The highest BCUT2D eigenvalue weighted by Gasteiger charge is 2.44. The zero-order valence-corrected chi connectivity index (χ0v) is 48.8. The zero-order chi connectivity index (χ0) is 54.7. The summed E-state index contributed by atoms with van der Waals surface area (Å²) in [6, 6.07) is -1.19. The molecule has 9 unspecified atom stereocenters. The molecule has 9 atom stereocenters. The number of carbonyl (C=O) groups is 1. The lowest BCUT2D eigenvalue weighted by Gasteiger charge is -2.40. The highest BCUT2D eigenvalue weighted by Crippen LogP contribution is 2.24. The molecule has 1 aliphatic heterocycles. The summed E-state index contributed by atoms with van der Waals surface area (Å²) in [6.07, 6.45) is 54.0. The lowest BCUT2D eigenvalue weighted by atomic mass is 9.98. The van der Waals surface area contributed by atoms with Gasteiger partial charge < -0.3 is 50.5 Å². The van der Waals surface area contributed by atoms with E-state index in [4.69, 9.17) is 9.47 Å². The van der Waals surface area contributed by atoms with Gasteiger partial charge in [0.15, 0.2) is 6.29 Å². The van der Waals surface area contributed by atoms with Crippen LogP contribution in [-0.4, -0.2) is 110 Å². The van der Waals surface area contributed by atoms with E-state index >= 15 is 0 Å². The number of unbranched alkanes of at least 4 members (excludes halogenated alkanes) is 40. The Kier molecular flexibility index (Phi) is 50.8. The molecule has 8 N–H and O–H groups in total. The van der Waals surface area contributed by atoms with Crippen LogP contribution in [0.1, 0.15) is 309 Å². The van der Waals surface area contributed by atoms with Crippen LogP contribution in [0, 0.1) is 0 Å². The number of rotatable bonds is 56. The third-order valence-corrected chi connectivity index (χ3v) is 15.7. The SMILES string of the molecule is CCCCCCCCCCCC/C=C/CC/C=C/CCCC(O)C(O)C(COC1OC(CO)C(O)C(O)C1O)NC(=O)C(O)CCCCCCCCCCCCCCCCCCCCCCCCCCCCCCC. The second kappa shape index (κ2) is 53.2. The van der Waals surface area contributed by atoms with E-state index in [1.807, 2.05) is 0 Å². The number of hydrogen-bond donors (Lipinski definition) is 8. The Hall–Kier alpha value is -1.41. The average Bonchev–Trinajstić information content (AvgIpc) is 3.41. The number of amides is 1.